The van der Waals surface area contributed by atoms with E-state index in [1.54, 1.807) is 18.2 Å². The van der Waals surface area contributed by atoms with E-state index in [-0.39, 0.29) is 18.5 Å². The second-order valence-electron chi connectivity index (χ2n) is 10.3. The fourth-order valence-electron chi connectivity index (χ4n) is 5.88. The minimum absolute atomic E-state index is 0.0932. The van der Waals surface area contributed by atoms with Crippen molar-refractivity contribution in [3.8, 4) is 0 Å². The quantitative estimate of drug-likeness (QED) is 0.310. The Kier molecular flexibility index (Phi) is 6.97. The molecule has 0 aromatic heterocycles. The Bertz CT molecular complexity index is 1640. The maximum absolute atomic E-state index is 13.7. The van der Waals surface area contributed by atoms with Crippen molar-refractivity contribution < 1.29 is 37.4 Å². The Morgan fingerprint density at radius 2 is 1.68 bits per heavy atom. The van der Waals surface area contributed by atoms with Gasteiger partial charge < -0.3 is 9.84 Å². The molecule has 4 unspecified atom stereocenters. The number of amides is 2. The number of carboxylic acids is 1. The Labute approximate surface area is 230 Å². The number of fused-ring (bicyclic) bond motifs is 2. The topological polar surface area (TPSA) is 147 Å². The average molecular weight is 565 g/mol. The first-order valence-electron chi connectivity index (χ1n) is 12.7. The number of rotatable bonds is 8. The SMILES string of the molecule is COC(=O)c1ccc(C2NC(Cc3ccc4ccccc4c3)(C(=O)O)C3C(=O)N(CCS(C)(=O)=O)C(=O)C23)cc1. The molecule has 0 saturated carbocycles. The molecule has 2 saturated heterocycles. The number of likely N-dealkylation sites (tertiary alicyclic amines) is 1. The molecule has 0 aliphatic carbocycles. The molecule has 3 aromatic carbocycles. The maximum Gasteiger partial charge on any atom is 0.337 e. The minimum atomic E-state index is -3.50. The monoisotopic (exact) mass is 564 g/mol. The normalized spacial score (nSPS) is 24.4. The van der Waals surface area contributed by atoms with Gasteiger partial charge in [0, 0.05) is 25.3 Å². The molecule has 2 aliphatic heterocycles. The fourth-order valence-corrected chi connectivity index (χ4v) is 6.39. The third kappa shape index (κ3) is 4.75. The number of imide groups is 1. The van der Waals surface area contributed by atoms with Gasteiger partial charge in [-0.15, -0.1) is 0 Å². The smallest absolute Gasteiger partial charge is 0.337 e. The van der Waals surface area contributed by atoms with Crippen molar-refractivity contribution in [3.05, 3.63) is 83.4 Å². The number of hydrogen-bond acceptors (Lipinski definition) is 8. The Hall–Kier alpha value is -4.09. The summed E-state index contributed by atoms with van der Waals surface area (Å²) in [6.07, 6.45) is 0.914. The van der Waals surface area contributed by atoms with Gasteiger partial charge in [0.1, 0.15) is 15.4 Å². The first kappa shape index (κ1) is 27.5. The third-order valence-corrected chi connectivity index (χ3v) is 8.72. The summed E-state index contributed by atoms with van der Waals surface area (Å²) in [5, 5.41) is 15.6. The lowest BCUT2D eigenvalue weighted by atomic mass is 9.76. The highest BCUT2D eigenvalue weighted by molar-refractivity contribution is 7.90. The van der Waals surface area contributed by atoms with Gasteiger partial charge in [0.05, 0.1) is 30.3 Å². The summed E-state index contributed by atoms with van der Waals surface area (Å²) in [7, 11) is -2.25. The number of esters is 1. The molecule has 40 heavy (non-hydrogen) atoms. The van der Waals surface area contributed by atoms with Crippen LogP contribution in [0.5, 0.6) is 0 Å². The van der Waals surface area contributed by atoms with Crippen molar-refractivity contribution in [2.75, 3.05) is 25.7 Å². The number of aliphatic carboxylic acids is 1. The number of nitrogens with one attached hydrogen (secondary N) is 1. The molecule has 3 aromatic rings. The molecule has 5 rings (SSSR count). The Morgan fingerprint density at radius 1 is 1.00 bits per heavy atom. The van der Waals surface area contributed by atoms with Gasteiger partial charge in [-0.2, -0.15) is 0 Å². The molecule has 2 fully saturated rings. The molecule has 0 radical (unpaired) electrons. The predicted molar refractivity (Wildman–Crippen MR) is 145 cm³/mol. The summed E-state index contributed by atoms with van der Waals surface area (Å²) < 4.78 is 28.4. The van der Waals surface area contributed by atoms with E-state index in [2.05, 4.69) is 5.32 Å². The van der Waals surface area contributed by atoms with Crippen LogP contribution in [0.3, 0.4) is 0 Å². The summed E-state index contributed by atoms with van der Waals surface area (Å²) in [6, 6.07) is 18.4. The predicted octanol–water partition coefficient (Wildman–Crippen LogP) is 1.98. The molecule has 11 heteroatoms. The zero-order valence-electron chi connectivity index (χ0n) is 21.9. The standard InChI is InChI=1S/C29H28N2O8S/c1-39-27(34)20-11-9-19(10-12-20)24-22-23(26(33)31(25(22)32)13-14-40(2,37)38)29(30-24,28(35)36)16-17-7-8-18-5-3-4-6-21(18)15-17/h3-12,15,22-24,30H,13-14,16H2,1-2H3,(H,35,36). The molecule has 0 bridgehead atoms. The van der Waals surface area contributed by atoms with Gasteiger partial charge in [0.2, 0.25) is 11.8 Å². The van der Waals surface area contributed by atoms with Gasteiger partial charge in [0.25, 0.3) is 0 Å². The van der Waals surface area contributed by atoms with Crippen LogP contribution in [-0.4, -0.2) is 73.4 Å². The van der Waals surface area contributed by atoms with Crippen LogP contribution in [-0.2, 0) is 35.4 Å². The van der Waals surface area contributed by atoms with Crippen LogP contribution < -0.4 is 5.32 Å². The van der Waals surface area contributed by atoms with E-state index in [0.29, 0.717) is 11.1 Å². The number of methoxy groups -OCH3 is 1. The number of benzene rings is 3. The lowest BCUT2D eigenvalue weighted by Gasteiger charge is -2.31. The summed E-state index contributed by atoms with van der Waals surface area (Å²) in [6.45, 7) is -0.358. The lowest BCUT2D eigenvalue weighted by Crippen LogP contribution is -2.57. The zero-order valence-corrected chi connectivity index (χ0v) is 22.7. The van der Waals surface area contributed by atoms with Gasteiger partial charge in [-0.05, 0) is 34.0 Å². The van der Waals surface area contributed by atoms with Gasteiger partial charge in [-0.1, -0.05) is 54.6 Å². The zero-order chi connectivity index (χ0) is 28.8. The van der Waals surface area contributed by atoms with Gasteiger partial charge in [0.15, 0.2) is 0 Å². The van der Waals surface area contributed by atoms with E-state index < -0.39 is 62.8 Å². The van der Waals surface area contributed by atoms with E-state index >= 15 is 0 Å². The molecule has 4 atom stereocenters. The van der Waals surface area contributed by atoms with Crippen LogP contribution in [0.15, 0.2) is 66.7 Å². The second kappa shape index (κ2) is 10.1. The van der Waals surface area contributed by atoms with Gasteiger partial charge in [-0.3, -0.25) is 24.6 Å². The van der Waals surface area contributed by atoms with Crippen molar-refractivity contribution in [2.45, 2.75) is 18.0 Å². The van der Waals surface area contributed by atoms with Crippen LogP contribution in [0.4, 0.5) is 0 Å². The van der Waals surface area contributed by atoms with Crippen molar-refractivity contribution in [1.29, 1.82) is 0 Å². The Balaban J connectivity index is 1.59. The summed E-state index contributed by atoms with van der Waals surface area (Å²) in [4.78, 5) is 53.3. The molecule has 2 amide bonds. The molecule has 208 valence electrons. The van der Waals surface area contributed by atoms with E-state index in [9.17, 15) is 32.7 Å². The molecule has 2 heterocycles. The first-order chi connectivity index (χ1) is 18.9. The van der Waals surface area contributed by atoms with Crippen LogP contribution in [0, 0.1) is 11.8 Å². The number of nitrogens with zero attached hydrogens (tertiary/aromatic N) is 1. The summed E-state index contributed by atoms with van der Waals surface area (Å²) in [5.41, 5.74) is -0.421. The van der Waals surface area contributed by atoms with Crippen LogP contribution >= 0.6 is 0 Å². The number of sulfone groups is 1. The third-order valence-electron chi connectivity index (χ3n) is 7.80. The number of carboxylic acid groups (broad SMARTS) is 1. The van der Waals surface area contributed by atoms with Crippen molar-refractivity contribution >= 4 is 44.4 Å². The van der Waals surface area contributed by atoms with E-state index in [1.807, 2.05) is 36.4 Å². The molecule has 10 nitrogen and oxygen atoms in total. The highest BCUT2D eigenvalue weighted by atomic mass is 32.2. The minimum Gasteiger partial charge on any atom is -0.480 e. The van der Waals surface area contributed by atoms with E-state index in [0.717, 1.165) is 21.9 Å². The molecule has 2 N–H and O–H groups in total. The van der Waals surface area contributed by atoms with E-state index in [4.69, 9.17) is 4.74 Å². The van der Waals surface area contributed by atoms with Crippen molar-refractivity contribution in [3.63, 3.8) is 0 Å². The Morgan fingerprint density at radius 3 is 2.30 bits per heavy atom. The average Bonchev–Trinajstić information content (AvgIpc) is 3.40. The molecular formula is C29H28N2O8S. The highest BCUT2D eigenvalue weighted by Crippen LogP contribution is 2.50. The first-order valence-corrected chi connectivity index (χ1v) is 14.7. The lowest BCUT2D eigenvalue weighted by molar-refractivity contribution is -0.151. The summed E-state index contributed by atoms with van der Waals surface area (Å²) >= 11 is 0. The van der Waals surface area contributed by atoms with Crippen LogP contribution in [0.2, 0.25) is 0 Å². The second-order valence-corrected chi connectivity index (χ2v) is 12.6. The van der Waals surface area contributed by atoms with Crippen molar-refractivity contribution in [2.24, 2.45) is 11.8 Å². The maximum atomic E-state index is 13.7. The van der Waals surface area contributed by atoms with E-state index in [1.165, 1.54) is 19.2 Å². The fraction of sp³-hybridized carbons (Fsp3) is 0.310. The largest absolute Gasteiger partial charge is 0.480 e. The number of ether oxygens (including phenoxy) is 1. The number of hydrogen-bond donors (Lipinski definition) is 2. The molecule has 0 spiro atoms. The number of carbonyl (C=O) groups excluding carboxylic acids is 3. The molecule has 2 aliphatic rings. The van der Waals surface area contributed by atoms with Gasteiger partial charge >= 0.3 is 11.9 Å². The highest BCUT2D eigenvalue weighted by Gasteiger charge is 2.68. The van der Waals surface area contributed by atoms with Crippen molar-refractivity contribution in [1.82, 2.24) is 10.2 Å². The van der Waals surface area contributed by atoms with Crippen LogP contribution in [0.25, 0.3) is 10.8 Å². The number of carbonyl (C=O) groups is 4. The van der Waals surface area contributed by atoms with Gasteiger partial charge in [-0.25, -0.2) is 13.2 Å². The summed E-state index contributed by atoms with van der Waals surface area (Å²) in [5.74, 6) is -6.01. The van der Waals surface area contributed by atoms with Crippen LogP contribution in [0.1, 0.15) is 27.5 Å². The molecular weight excluding hydrogens is 536 g/mol.